The van der Waals surface area contributed by atoms with Crippen LogP contribution in [0.25, 0.3) is 0 Å². The molecule has 0 aromatic heterocycles. The number of rotatable bonds is 3. The smallest absolute Gasteiger partial charge is 0.0541 e. The van der Waals surface area contributed by atoms with E-state index in [0.29, 0.717) is 0 Å². The molecule has 1 aliphatic rings. The van der Waals surface area contributed by atoms with Gasteiger partial charge < -0.3 is 10.4 Å². The van der Waals surface area contributed by atoms with Crippen molar-refractivity contribution >= 4 is 0 Å². The van der Waals surface area contributed by atoms with Crippen LogP contribution in [0, 0.1) is 5.92 Å². The molecule has 1 heterocycles. The first-order chi connectivity index (χ1) is 4.33. The van der Waals surface area contributed by atoms with E-state index in [1.807, 2.05) is 6.92 Å². The van der Waals surface area contributed by atoms with Crippen molar-refractivity contribution in [3.05, 3.63) is 0 Å². The molecule has 0 spiro atoms. The standard InChI is InChI=1S/C7H15NO/c1-2-7(9)3-6-4-8-5-6/h6-9H,2-5H2,1H3. The van der Waals surface area contributed by atoms with Crippen molar-refractivity contribution in [2.45, 2.75) is 25.9 Å². The predicted molar refractivity (Wildman–Crippen MR) is 37.3 cm³/mol. The minimum atomic E-state index is -0.0582. The summed E-state index contributed by atoms with van der Waals surface area (Å²) < 4.78 is 0. The Morgan fingerprint density at radius 1 is 1.67 bits per heavy atom. The Morgan fingerprint density at radius 3 is 2.67 bits per heavy atom. The Hall–Kier alpha value is -0.0800. The summed E-state index contributed by atoms with van der Waals surface area (Å²) in [7, 11) is 0. The lowest BCUT2D eigenvalue weighted by atomic mass is 9.95. The molecule has 9 heavy (non-hydrogen) atoms. The second-order valence-corrected chi connectivity index (χ2v) is 2.82. The molecule has 2 nitrogen and oxygen atoms in total. The fraction of sp³-hybridized carbons (Fsp3) is 1.00. The molecule has 1 rings (SSSR count). The van der Waals surface area contributed by atoms with Crippen LogP contribution in [0.3, 0.4) is 0 Å². The van der Waals surface area contributed by atoms with E-state index in [9.17, 15) is 0 Å². The molecule has 0 aliphatic carbocycles. The van der Waals surface area contributed by atoms with Crippen LogP contribution >= 0.6 is 0 Å². The Labute approximate surface area is 56.3 Å². The third-order valence-electron chi connectivity index (χ3n) is 1.94. The molecule has 0 amide bonds. The van der Waals surface area contributed by atoms with Crippen LogP contribution in [-0.4, -0.2) is 24.3 Å². The van der Waals surface area contributed by atoms with Gasteiger partial charge in [-0.3, -0.25) is 0 Å². The molecule has 2 N–H and O–H groups in total. The van der Waals surface area contributed by atoms with E-state index in [1.54, 1.807) is 0 Å². The van der Waals surface area contributed by atoms with Crippen LogP contribution in [0.4, 0.5) is 0 Å². The highest BCUT2D eigenvalue weighted by molar-refractivity contribution is 4.76. The third kappa shape index (κ3) is 1.95. The summed E-state index contributed by atoms with van der Waals surface area (Å²) in [5.74, 6) is 0.750. The zero-order valence-corrected chi connectivity index (χ0v) is 5.93. The van der Waals surface area contributed by atoms with E-state index in [0.717, 1.165) is 31.8 Å². The Kier molecular flexibility index (Phi) is 2.49. The molecule has 0 aromatic rings. The lowest BCUT2D eigenvalue weighted by Crippen LogP contribution is -2.43. The molecule has 54 valence electrons. The van der Waals surface area contributed by atoms with Crippen LogP contribution in [0.1, 0.15) is 19.8 Å². The van der Waals surface area contributed by atoms with Crippen LogP contribution in [0.2, 0.25) is 0 Å². The molecule has 0 radical (unpaired) electrons. The number of hydrogen-bond donors (Lipinski definition) is 2. The van der Waals surface area contributed by atoms with Crippen LogP contribution in [0.5, 0.6) is 0 Å². The zero-order chi connectivity index (χ0) is 6.69. The van der Waals surface area contributed by atoms with Gasteiger partial charge in [-0.25, -0.2) is 0 Å². The summed E-state index contributed by atoms with van der Waals surface area (Å²) in [5.41, 5.74) is 0. The largest absolute Gasteiger partial charge is 0.393 e. The van der Waals surface area contributed by atoms with Crippen molar-refractivity contribution in [1.29, 1.82) is 0 Å². The second-order valence-electron chi connectivity index (χ2n) is 2.82. The maximum absolute atomic E-state index is 9.17. The number of nitrogens with one attached hydrogen (secondary N) is 1. The normalized spacial score (nSPS) is 23.3. The molecule has 1 atom stereocenters. The summed E-state index contributed by atoms with van der Waals surface area (Å²) in [6.45, 7) is 4.24. The fourth-order valence-corrected chi connectivity index (χ4v) is 1.07. The van der Waals surface area contributed by atoms with Crippen molar-refractivity contribution in [2.24, 2.45) is 5.92 Å². The Morgan fingerprint density at radius 2 is 2.33 bits per heavy atom. The van der Waals surface area contributed by atoms with Crippen LogP contribution in [0.15, 0.2) is 0 Å². The summed E-state index contributed by atoms with van der Waals surface area (Å²) in [4.78, 5) is 0. The second kappa shape index (κ2) is 3.18. The topological polar surface area (TPSA) is 32.3 Å². The SMILES string of the molecule is CCC(O)CC1CNC1. The summed E-state index contributed by atoms with van der Waals surface area (Å²) >= 11 is 0. The molecule has 0 aromatic carbocycles. The molecule has 1 aliphatic heterocycles. The van der Waals surface area contributed by atoms with Gasteiger partial charge in [0, 0.05) is 0 Å². The lowest BCUT2D eigenvalue weighted by Gasteiger charge is -2.28. The first-order valence-corrected chi connectivity index (χ1v) is 3.71. The number of aliphatic hydroxyl groups excluding tert-OH is 1. The minimum absolute atomic E-state index is 0.0582. The highest BCUT2D eigenvalue weighted by Crippen LogP contribution is 2.12. The average molecular weight is 129 g/mol. The predicted octanol–water partition coefficient (Wildman–Crippen LogP) is 0.367. The maximum Gasteiger partial charge on any atom is 0.0541 e. The maximum atomic E-state index is 9.17. The molecule has 1 fully saturated rings. The highest BCUT2D eigenvalue weighted by Gasteiger charge is 2.18. The van der Waals surface area contributed by atoms with E-state index in [2.05, 4.69) is 5.32 Å². The molecule has 1 unspecified atom stereocenters. The summed E-state index contributed by atoms with van der Waals surface area (Å²) in [6.07, 6.45) is 1.83. The van der Waals surface area contributed by atoms with E-state index in [1.165, 1.54) is 0 Å². The molecule has 1 saturated heterocycles. The van der Waals surface area contributed by atoms with Gasteiger partial charge in [-0.2, -0.15) is 0 Å². The molecular weight excluding hydrogens is 114 g/mol. The summed E-state index contributed by atoms with van der Waals surface area (Å²) in [5, 5.41) is 12.3. The monoisotopic (exact) mass is 129 g/mol. The van der Waals surface area contributed by atoms with Gasteiger partial charge in [0.2, 0.25) is 0 Å². The zero-order valence-electron chi connectivity index (χ0n) is 5.93. The van der Waals surface area contributed by atoms with E-state index in [4.69, 9.17) is 5.11 Å². The number of hydrogen-bond acceptors (Lipinski definition) is 2. The van der Waals surface area contributed by atoms with Gasteiger partial charge in [-0.1, -0.05) is 6.92 Å². The van der Waals surface area contributed by atoms with Gasteiger partial charge in [-0.05, 0) is 31.8 Å². The van der Waals surface area contributed by atoms with E-state index < -0.39 is 0 Å². The van der Waals surface area contributed by atoms with Crippen molar-refractivity contribution in [1.82, 2.24) is 5.32 Å². The van der Waals surface area contributed by atoms with Gasteiger partial charge in [0.15, 0.2) is 0 Å². The molecule has 0 saturated carbocycles. The molecule has 0 bridgehead atoms. The van der Waals surface area contributed by atoms with E-state index >= 15 is 0 Å². The fourth-order valence-electron chi connectivity index (χ4n) is 1.07. The van der Waals surface area contributed by atoms with Gasteiger partial charge in [0.1, 0.15) is 0 Å². The quantitative estimate of drug-likeness (QED) is 0.577. The van der Waals surface area contributed by atoms with Crippen molar-refractivity contribution in [2.75, 3.05) is 13.1 Å². The first kappa shape index (κ1) is 7.03. The highest BCUT2D eigenvalue weighted by atomic mass is 16.3. The van der Waals surface area contributed by atoms with Crippen molar-refractivity contribution in [3.63, 3.8) is 0 Å². The van der Waals surface area contributed by atoms with Gasteiger partial charge in [0.05, 0.1) is 6.10 Å². The van der Waals surface area contributed by atoms with E-state index in [-0.39, 0.29) is 6.10 Å². The average Bonchev–Trinajstić information content (AvgIpc) is 1.78. The molecular formula is C7H15NO. The minimum Gasteiger partial charge on any atom is -0.393 e. The Balaban J connectivity index is 2.01. The van der Waals surface area contributed by atoms with Crippen molar-refractivity contribution in [3.8, 4) is 0 Å². The summed E-state index contributed by atoms with van der Waals surface area (Å²) in [6, 6.07) is 0. The van der Waals surface area contributed by atoms with Gasteiger partial charge in [0.25, 0.3) is 0 Å². The van der Waals surface area contributed by atoms with Gasteiger partial charge in [-0.15, -0.1) is 0 Å². The van der Waals surface area contributed by atoms with Crippen LogP contribution in [-0.2, 0) is 0 Å². The van der Waals surface area contributed by atoms with Crippen LogP contribution < -0.4 is 5.32 Å². The van der Waals surface area contributed by atoms with Crippen molar-refractivity contribution < 1.29 is 5.11 Å². The Bertz CT molecular complexity index is 78.2. The first-order valence-electron chi connectivity index (χ1n) is 3.71. The lowest BCUT2D eigenvalue weighted by molar-refractivity contribution is 0.122. The third-order valence-corrected chi connectivity index (χ3v) is 1.94. The number of aliphatic hydroxyl groups is 1. The van der Waals surface area contributed by atoms with Gasteiger partial charge >= 0.3 is 0 Å². The molecule has 2 heteroatoms.